The molecule has 0 amide bonds. The smallest absolute Gasteiger partial charge is 0.137 e. The SMILES string of the molecule is Cc1coc2cc(OC3CCCNC3)ccc12. The first kappa shape index (κ1) is 10.7. The minimum Gasteiger partial charge on any atom is -0.489 e. The van der Waals surface area contributed by atoms with E-state index in [1.165, 1.54) is 17.4 Å². The van der Waals surface area contributed by atoms with Crippen molar-refractivity contribution in [2.75, 3.05) is 13.1 Å². The van der Waals surface area contributed by atoms with E-state index in [1.807, 2.05) is 12.1 Å². The van der Waals surface area contributed by atoms with Crippen LogP contribution in [0.25, 0.3) is 11.0 Å². The van der Waals surface area contributed by atoms with Gasteiger partial charge in [0.2, 0.25) is 0 Å². The second kappa shape index (κ2) is 4.41. The van der Waals surface area contributed by atoms with E-state index in [2.05, 4.69) is 18.3 Å². The van der Waals surface area contributed by atoms with E-state index >= 15 is 0 Å². The van der Waals surface area contributed by atoms with Gasteiger partial charge in [0.1, 0.15) is 17.4 Å². The number of rotatable bonds is 2. The second-order valence-electron chi connectivity index (χ2n) is 4.66. The number of fused-ring (bicyclic) bond motifs is 1. The number of nitrogens with one attached hydrogen (secondary N) is 1. The van der Waals surface area contributed by atoms with E-state index < -0.39 is 0 Å². The summed E-state index contributed by atoms with van der Waals surface area (Å²) in [6, 6.07) is 6.08. The normalized spacial score (nSPS) is 20.6. The predicted octanol–water partition coefficient (Wildman–Crippen LogP) is 2.87. The Bertz CT molecular complexity index is 512. The van der Waals surface area contributed by atoms with E-state index in [0.717, 1.165) is 30.8 Å². The van der Waals surface area contributed by atoms with Gasteiger partial charge in [-0.2, -0.15) is 0 Å². The molecule has 0 aliphatic carbocycles. The van der Waals surface area contributed by atoms with Gasteiger partial charge in [0.15, 0.2) is 0 Å². The number of hydrogen-bond donors (Lipinski definition) is 1. The van der Waals surface area contributed by atoms with Gasteiger partial charge in [-0.1, -0.05) is 0 Å². The topological polar surface area (TPSA) is 34.4 Å². The molecule has 1 aromatic heterocycles. The van der Waals surface area contributed by atoms with Gasteiger partial charge in [0, 0.05) is 18.0 Å². The molecule has 1 aliphatic rings. The monoisotopic (exact) mass is 231 g/mol. The number of ether oxygens (including phenoxy) is 1. The van der Waals surface area contributed by atoms with Gasteiger partial charge in [0.05, 0.1) is 6.26 Å². The Morgan fingerprint density at radius 2 is 2.35 bits per heavy atom. The summed E-state index contributed by atoms with van der Waals surface area (Å²) >= 11 is 0. The third-order valence-corrected chi connectivity index (χ3v) is 3.29. The third kappa shape index (κ3) is 2.15. The van der Waals surface area contributed by atoms with Crippen LogP contribution in [0.4, 0.5) is 0 Å². The highest BCUT2D eigenvalue weighted by molar-refractivity contribution is 5.82. The zero-order chi connectivity index (χ0) is 11.7. The molecule has 1 aromatic carbocycles. The zero-order valence-corrected chi connectivity index (χ0v) is 10.0. The summed E-state index contributed by atoms with van der Waals surface area (Å²) < 4.78 is 11.4. The molecule has 90 valence electrons. The standard InChI is InChI=1S/C14H17NO2/c1-10-9-16-14-7-11(4-5-13(10)14)17-12-3-2-6-15-8-12/h4-5,7,9,12,15H,2-3,6,8H2,1H3. The maximum absolute atomic E-state index is 5.95. The lowest BCUT2D eigenvalue weighted by Crippen LogP contribution is -2.37. The summed E-state index contributed by atoms with van der Waals surface area (Å²) in [5, 5.41) is 4.51. The van der Waals surface area contributed by atoms with Crippen molar-refractivity contribution in [3.63, 3.8) is 0 Å². The van der Waals surface area contributed by atoms with E-state index in [1.54, 1.807) is 6.26 Å². The van der Waals surface area contributed by atoms with Crippen molar-refractivity contribution in [3.05, 3.63) is 30.0 Å². The van der Waals surface area contributed by atoms with Crippen LogP contribution in [-0.4, -0.2) is 19.2 Å². The summed E-state index contributed by atoms with van der Waals surface area (Å²) in [6.45, 7) is 4.10. The van der Waals surface area contributed by atoms with Crippen molar-refractivity contribution in [2.45, 2.75) is 25.9 Å². The molecule has 3 heteroatoms. The second-order valence-corrected chi connectivity index (χ2v) is 4.66. The molecule has 3 rings (SSSR count). The fourth-order valence-corrected chi connectivity index (χ4v) is 2.33. The van der Waals surface area contributed by atoms with Crippen molar-refractivity contribution in [1.82, 2.24) is 5.32 Å². The molecular weight excluding hydrogens is 214 g/mol. The molecule has 0 bridgehead atoms. The predicted molar refractivity (Wildman–Crippen MR) is 67.5 cm³/mol. The molecule has 1 fully saturated rings. The van der Waals surface area contributed by atoms with Crippen LogP contribution < -0.4 is 10.1 Å². The molecule has 1 N–H and O–H groups in total. The number of furan rings is 1. The van der Waals surface area contributed by atoms with Crippen molar-refractivity contribution in [1.29, 1.82) is 0 Å². The van der Waals surface area contributed by atoms with Gasteiger partial charge in [-0.05, 0) is 44.0 Å². The average Bonchev–Trinajstić information content (AvgIpc) is 2.72. The molecule has 2 heterocycles. The molecule has 0 spiro atoms. The first-order valence-electron chi connectivity index (χ1n) is 6.18. The highest BCUT2D eigenvalue weighted by atomic mass is 16.5. The molecule has 2 aromatic rings. The highest BCUT2D eigenvalue weighted by Crippen LogP contribution is 2.26. The molecule has 1 saturated heterocycles. The largest absolute Gasteiger partial charge is 0.489 e. The Hall–Kier alpha value is -1.48. The number of piperidine rings is 1. The van der Waals surface area contributed by atoms with Crippen LogP contribution in [0.3, 0.4) is 0 Å². The number of aryl methyl sites for hydroxylation is 1. The molecule has 17 heavy (non-hydrogen) atoms. The fourth-order valence-electron chi connectivity index (χ4n) is 2.33. The van der Waals surface area contributed by atoms with Crippen LogP contribution in [0, 0.1) is 6.92 Å². The van der Waals surface area contributed by atoms with Crippen LogP contribution in [0.5, 0.6) is 5.75 Å². The van der Waals surface area contributed by atoms with Crippen molar-refractivity contribution in [3.8, 4) is 5.75 Å². The summed E-state index contributed by atoms with van der Waals surface area (Å²) in [7, 11) is 0. The quantitative estimate of drug-likeness (QED) is 0.863. The van der Waals surface area contributed by atoms with Gasteiger partial charge in [-0.15, -0.1) is 0 Å². The van der Waals surface area contributed by atoms with Gasteiger partial charge in [-0.25, -0.2) is 0 Å². The minimum absolute atomic E-state index is 0.289. The Morgan fingerprint density at radius 1 is 1.41 bits per heavy atom. The van der Waals surface area contributed by atoms with E-state index in [4.69, 9.17) is 9.15 Å². The zero-order valence-electron chi connectivity index (χ0n) is 10.0. The number of benzene rings is 1. The van der Waals surface area contributed by atoms with Gasteiger partial charge in [-0.3, -0.25) is 0 Å². The third-order valence-electron chi connectivity index (χ3n) is 3.29. The first-order chi connectivity index (χ1) is 8.33. The lowest BCUT2D eigenvalue weighted by molar-refractivity contribution is 0.167. The van der Waals surface area contributed by atoms with Gasteiger partial charge < -0.3 is 14.5 Å². The van der Waals surface area contributed by atoms with Gasteiger partial charge in [0.25, 0.3) is 0 Å². The van der Waals surface area contributed by atoms with Crippen molar-refractivity contribution < 1.29 is 9.15 Å². The summed E-state index contributed by atoms with van der Waals surface area (Å²) in [4.78, 5) is 0. The Labute approximate surface area is 101 Å². The van der Waals surface area contributed by atoms with Crippen molar-refractivity contribution in [2.24, 2.45) is 0 Å². The molecule has 3 nitrogen and oxygen atoms in total. The number of hydrogen-bond acceptors (Lipinski definition) is 3. The Morgan fingerprint density at radius 3 is 3.18 bits per heavy atom. The van der Waals surface area contributed by atoms with Crippen LogP contribution in [0.2, 0.25) is 0 Å². The minimum atomic E-state index is 0.289. The molecule has 0 saturated carbocycles. The molecule has 1 unspecified atom stereocenters. The summed E-state index contributed by atoms with van der Waals surface area (Å²) in [5.41, 5.74) is 2.08. The average molecular weight is 231 g/mol. The lowest BCUT2D eigenvalue weighted by Gasteiger charge is -2.23. The molecule has 1 atom stereocenters. The van der Waals surface area contributed by atoms with E-state index in [9.17, 15) is 0 Å². The fraction of sp³-hybridized carbons (Fsp3) is 0.429. The molecule has 0 radical (unpaired) electrons. The summed E-state index contributed by atoms with van der Waals surface area (Å²) in [6.07, 6.45) is 4.39. The molecular formula is C14H17NO2. The maximum atomic E-state index is 5.95. The lowest BCUT2D eigenvalue weighted by atomic mass is 10.1. The summed E-state index contributed by atoms with van der Waals surface area (Å²) in [5.74, 6) is 0.903. The van der Waals surface area contributed by atoms with Crippen molar-refractivity contribution >= 4 is 11.0 Å². The van der Waals surface area contributed by atoms with Crippen LogP contribution in [-0.2, 0) is 0 Å². The van der Waals surface area contributed by atoms with E-state index in [0.29, 0.717) is 0 Å². The molecule has 1 aliphatic heterocycles. The van der Waals surface area contributed by atoms with Crippen LogP contribution >= 0.6 is 0 Å². The van der Waals surface area contributed by atoms with Crippen LogP contribution in [0.1, 0.15) is 18.4 Å². The van der Waals surface area contributed by atoms with E-state index in [-0.39, 0.29) is 6.10 Å². The Kier molecular flexibility index (Phi) is 2.77. The van der Waals surface area contributed by atoms with Crippen LogP contribution in [0.15, 0.2) is 28.9 Å². The first-order valence-corrected chi connectivity index (χ1v) is 6.18. The maximum Gasteiger partial charge on any atom is 0.137 e. The van der Waals surface area contributed by atoms with Gasteiger partial charge >= 0.3 is 0 Å². The highest BCUT2D eigenvalue weighted by Gasteiger charge is 2.14. The Balaban J connectivity index is 1.80.